The van der Waals surface area contributed by atoms with E-state index >= 15 is 0 Å². The summed E-state index contributed by atoms with van der Waals surface area (Å²) in [6.07, 6.45) is 1.98. The molecule has 0 aliphatic rings. The van der Waals surface area contributed by atoms with Gasteiger partial charge in [-0.05, 0) is 26.8 Å². The summed E-state index contributed by atoms with van der Waals surface area (Å²) in [5.41, 5.74) is 0. The molecule has 0 saturated carbocycles. The van der Waals surface area contributed by atoms with Crippen molar-refractivity contribution < 1.29 is 10.2 Å². The highest BCUT2D eigenvalue weighted by molar-refractivity contribution is 4.44. The van der Waals surface area contributed by atoms with Crippen LogP contribution in [0, 0.1) is 0 Å². The lowest BCUT2D eigenvalue weighted by molar-refractivity contribution is 0.156. The second-order valence-electron chi connectivity index (χ2n) is 2.30. The molecule has 0 aromatic carbocycles. The normalized spacial score (nSPS) is 11.7. The van der Waals surface area contributed by atoms with Gasteiger partial charge in [-0.15, -0.1) is 0 Å². The number of aliphatic hydroxyl groups excluding tert-OH is 2. The van der Waals surface area contributed by atoms with E-state index in [4.69, 9.17) is 10.2 Å². The molecule has 3 heteroatoms. The van der Waals surface area contributed by atoms with Crippen molar-refractivity contribution in [2.75, 3.05) is 13.2 Å². The summed E-state index contributed by atoms with van der Waals surface area (Å²) in [6.45, 7) is 6.72. The molecule has 0 saturated heterocycles. The summed E-state index contributed by atoms with van der Waals surface area (Å²) in [5.74, 6) is 0. The number of hydrogen-bond acceptors (Lipinski definition) is 3. The van der Waals surface area contributed by atoms with Gasteiger partial charge in [-0.2, -0.15) is 0 Å². The third-order valence-electron chi connectivity index (χ3n) is 0.970. The van der Waals surface area contributed by atoms with E-state index in [-0.39, 0.29) is 12.8 Å². The lowest BCUT2D eigenvalue weighted by Crippen LogP contribution is -2.25. The highest BCUT2D eigenvalue weighted by Crippen LogP contribution is 1.82. The Balaban J connectivity index is 0. The van der Waals surface area contributed by atoms with Crippen LogP contribution in [0.1, 0.15) is 33.6 Å². The van der Waals surface area contributed by atoms with Gasteiger partial charge < -0.3 is 10.2 Å². The first-order valence-electron chi connectivity index (χ1n) is 4.21. The fourth-order valence-electron chi connectivity index (χ4n) is 0.488. The van der Waals surface area contributed by atoms with Crippen molar-refractivity contribution in [3.8, 4) is 0 Å². The van der Waals surface area contributed by atoms with Gasteiger partial charge in [0.2, 0.25) is 0 Å². The Kier molecular flexibility index (Phi) is 15.4. The molecule has 0 fully saturated rings. The molecule has 0 spiro atoms. The fourth-order valence-corrected chi connectivity index (χ4v) is 0.488. The van der Waals surface area contributed by atoms with Crippen LogP contribution in [0.3, 0.4) is 0 Å². The smallest absolute Gasteiger partial charge is 0.102 e. The Bertz CT molecular complexity index is 58.1. The van der Waals surface area contributed by atoms with Crippen molar-refractivity contribution in [1.29, 1.82) is 0 Å². The van der Waals surface area contributed by atoms with Gasteiger partial charge in [0.15, 0.2) is 0 Å². The van der Waals surface area contributed by atoms with Crippen LogP contribution in [-0.2, 0) is 0 Å². The summed E-state index contributed by atoms with van der Waals surface area (Å²) in [6, 6.07) is 0. The van der Waals surface area contributed by atoms with E-state index in [2.05, 4.69) is 12.2 Å². The van der Waals surface area contributed by atoms with Crippen LogP contribution in [0.5, 0.6) is 0 Å². The maximum absolute atomic E-state index is 8.67. The van der Waals surface area contributed by atoms with Gasteiger partial charge in [-0.1, -0.05) is 13.3 Å². The Labute approximate surface area is 69.4 Å². The maximum atomic E-state index is 8.67. The first kappa shape index (κ1) is 13.5. The molecule has 0 aliphatic heterocycles. The zero-order valence-corrected chi connectivity index (χ0v) is 7.80. The largest absolute Gasteiger partial charge is 0.397 e. The van der Waals surface area contributed by atoms with E-state index in [0.717, 1.165) is 13.0 Å². The van der Waals surface area contributed by atoms with E-state index in [1.807, 2.05) is 0 Å². The summed E-state index contributed by atoms with van der Waals surface area (Å²) >= 11 is 0. The van der Waals surface area contributed by atoms with Gasteiger partial charge in [0.25, 0.3) is 0 Å². The number of rotatable bonds is 4. The topological polar surface area (TPSA) is 52.5 Å². The zero-order valence-electron chi connectivity index (χ0n) is 7.80. The Morgan fingerprint density at radius 3 is 2.09 bits per heavy atom. The molecule has 1 atom stereocenters. The van der Waals surface area contributed by atoms with Crippen molar-refractivity contribution >= 4 is 0 Å². The van der Waals surface area contributed by atoms with Crippen molar-refractivity contribution in [3.05, 3.63) is 0 Å². The van der Waals surface area contributed by atoms with Crippen molar-refractivity contribution in [2.24, 2.45) is 0 Å². The Morgan fingerprint density at radius 1 is 1.36 bits per heavy atom. The van der Waals surface area contributed by atoms with Gasteiger partial charge in [-0.3, -0.25) is 5.32 Å². The van der Waals surface area contributed by atoms with E-state index < -0.39 is 0 Å². The highest BCUT2D eigenvalue weighted by Gasteiger charge is 1.88. The second kappa shape index (κ2) is 12.5. The molecule has 0 bridgehead atoms. The predicted octanol–water partition coefficient (Wildman–Crippen LogP) is 0.713. The van der Waals surface area contributed by atoms with Crippen LogP contribution in [0.15, 0.2) is 0 Å². The van der Waals surface area contributed by atoms with Crippen LogP contribution in [0.25, 0.3) is 0 Å². The molecule has 70 valence electrons. The van der Waals surface area contributed by atoms with E-state index in [1.165, 1.54) is 6.42 Å². The number of aliphatic hydroxyl groups is 2. The first-order chi connectivity index (χ1) is 5.18. The third-order valence-corrected chi connectivity index (χ3v) is 0.970. The fraction of sp³-hybridized carbons (Fsp3) is 1.00. The molecule has 0 aromatic rings. The lowest BCUT2D eigenvalue weighted by Gasteiger charge is -2.04. The summed E-state index contributed by atoms with van der Waals surface area (Å²) in [7, 11) is 0. The van der Waals surface area contributed by atoms with Gasteiger partial charge in [-0.25, -0.2) is 0 Å². The number of hydrogen-bond donors (Lipinski definition) is 3. The van der Waals surface area contributed by atoms with Gasteiger partial charge in [0, 0.05) is 6.61 Å². The summed E-state index contributed by atoms with van der Waals surface area (Å²) < 4.78 is 0. The molecule has 0 aromatic heterocycles. The molecule has 0 radical (unpaired) electrons. The summed E-state index contributed by atoms with van der Waals surface area (Å²) in [5, 5.41) is 19.1. The van der Waals surface area contributed by atoms with E-state index in [1.54, 1.807) is 13.8 Å². The van der Waals surface area contributed by atoms with Crippen LogP contribution in [-0.4, -0.2) is 29.6 Å². The molecule has 0 heterocycles. The van der Waals surface area contributed by atoms with Crippen molar-refractivity contribution in [2.45, 2.75) is 39.8 Å². The quantitative estimate of drug-likeness (QED) is 0.422. The molecule has 0 amide bonds. The standard InChI is InChI=1S/C6H15NO.C2H6O/c1-3-4-5-7-6(2)8;1-2-3/h6-8H,3-5H2,1-2H3;3H,2H2,1H3. The molecule has 11 heavy (non-hydrogen) atoms. The average Bonchev–Trinajstić information content (AvgIpc) is 1.89. The number of unbranched alkanes of at least 4 members (excludes halogenated alkanes) is 1. The van der Waals surface area contributed by atoms with Crippen LogP contribution < -0.4 is 5.32 Å². The van der Waals surface area contributed by atoms with Crippen LogP contribution >= 0.6 is 0 Å². The Hall–Kier alpha value is -0.120. The molecule has 0 rings (SSSR count). The van der Waals surface area contributed by atoms with Gasteiger partial charge in [0.1, 0.15) is 6.23 Å². The highest BCUT2D eigenvalue weighted by atomic mass is 16.3. The van der Waals surface area contributed by atoms with E-state index in [0.29, 0.717) is 0 Å². The summed E-state index contributed by atoms with van der Waals surface area (Å²) in [4.78, 5) is 0. The van der Waals surface area contributed by atoms with Gasteiger partial charge in [0.05, 0.1) is 0 Å². The van der Waals surface area contributed by atoms with E-state index in [9.17, 15) is 0 Å². The predicted molar refractivity (Wildman–Crippen MR) is 47.4 cm³/mol. The zero-order chi connectivity index (χ0) is 9.11. The van der Waals surface area contributed by atoms with Crippen LogP contribution in [0.2, 0.25) is 0 Å². The molecular formula is C8H21NO2. The van der Waals surface area contributed by atoms with Gasteiger partial charge >= 0.3 is 0 Å². The number of nitrogens with one attached hydrogen (secondary N) is 1. The molecular weight excluding hydrogens is 142 g/mol. The molecule has 1 unspecified atom stereocenters. The average molecular weight is 163 g/mol. The van der Waals surface area contributed by atoms with Crippen LogP contribution in [0.4, 0.5) is 0 Å². The molecule has 0 aliphatic carbocycles. The second-order valence-corrected chi connectivity index (χ2v) is 2.30. The minimum Gasteiger partial charge on any atom is -0.397 e. The lowest BCUT2D eigenvalue weighted by atomic mass is 10.3. The first-order valence-corrected chi connectivity index (χ1v) is 4.21. The monoisotopic (exact) mass is 163 g/mol. The minimum atomic E-state index is -0.346. The molecule has 3 N–H and O–H groups in total. The third kappa shape index (κ3) is 25.8. The van der Waals surface area contributed by atoms with Crippen molar-refractivity contribution in [3.63, 3.8) is 0 Å². The minimum absolute atomic E-state index is 0.250. The maximum Gasteiger partial charge on any atom is 0.102 e. The molecule has 3 nitrogen and oxygen atoms in total. The van der Waals surface area contributed by atoms with Crippen molar-refractivity contribution in [1.82, 2.24) is 5.32 Å². The SMILES string of the molecule is CCCCNC(C)O.CCO. The Morgan fingerprint density at radius 2 is 1.82 bits per heavy atom.